The van der Waals surface area contributed by atoms with E-state index in [2.05, 4.69) is 5.32 Å². The van der Waals surface area contributed by atoms with Crippen LogP contribution in [0, 0.1) is 0 Å². The minimum Gasteiger partial charge on any atom is -0.326 e. The maximum absolute atomic E-state index is 12.2. The van der Waals surface area contributed by atoms with Crippen molar-refractivity contribution >= 4 is 15.9 Å². The second kappa shape index (κ2) is 4.60. The molecule has 1 aliphatic heterocycles. The average molecular weight is 252 g/mol. The summed E-state index contributed by atoms with van der Waals surface area (Å²) >= 11 is 0. The summed E-state index contributed by atoms with van der Waals surface area (Å²) in [6, 6.07) is 5.24. The predicted octanol–water partition coefficient (Wildman–Crippen LogP) is 0.883. The van der Waals surface area contributed by atoms with Crippen molar-refractivity contribution in [2.75, 3.05) is 13.1 Å². The number of hydrogen-bond donors (Lipinski definition) is 2. The number of likely N-dealkylation sites (N-methyl/N-ethyl adjacent to an activating group) is 1. The Labute approximate surface area is 101 Å². The molecule has 0 fully saturated rings. The smallest absolute Gasteiger partial charge is 0.204 e. The van der Waals surface area contributed by atoms with Crippen molar-refractivity contribution in [2.24, 2.45) is 5.73 Å². The van der Waals surface area contributed by atoms with Crippen molar-refractivity contribution in [1.82, 2.24) is 5.32 Å². The molecule has 0 saturated heterocycles. The summed E-state index contributed by atoms with van der Waals surface area (Å²) in [4.78, 5) is 0.809. The molecular formula is C12H16N2O2S. The summed E-state index contributed by atoms with van der Waals surface area (Å²) in [5, 5.41) is 3.04. The number of benzene rings is 1. The van der Waals surface area contributed by atoms with E-state index in [0.717, 1.165) is 17.7 Å². The zero-order valence-corrected chi connectivity index (χ0v) is 10.5. The monoisotopic (exact) mass is 252 g/mol. The van der Waals surface area contributed by atoms with Crippen LogP contribution in [0.5, 0.6) is 0 Å². The van der Waals surface area contributed by atoms with Crippen molar-refractivity contribution in [3.8, 4) is 0 Å². The lowest BCUT2D eigenvalue weighted by Crippen LogP contribution is -2.19. The zero-order chi connectivity index (χ0) is 12.5. The quantitative estimate of drug-likeness (QED) is 0.834. The molecule has 0 aromatic heterocycles. The highest BCUT2D eigenvalue weighted by atomic mass is 32.2. The summed E-state index contributed by atoms with van der Waals surface area (Å²) in [7, 11) is -3.31. The summed E-state index contributed by atoms with van der Waals surface area (Å²) in [6.45, 7) is 3.41. The van der Waals surface area contributed by atoms with Gasteiger partial charge in [-0.05, 0) is 29.8 Å². The zero-order valence-electron chi connectivity index (χ0n) is 9.73. The Kier molecular flexibility index (Phi) is 3.33. The Balaban J connectivity index is 2.49. The van der Waals surface area contributed by atoms with Crippen LogP contribution in [0.25, 0.3) is 6.08 Å². The minimum atomic E-state index is -3.31. The number of nitrogens with two attached hydrogens (primary N) is 1. The van der Waals surface area contributed by atoms with Gasteiger partial charge in [0.2, 0.25) is 9.84 Å². The second-order valence-corrected chi connectivity index (χ2v) is 5.90. The molecule has 92 valence electrons. The normalized spacial score (nSPS) is 16.7. The molecule has 0 aliphatic carbocycles. The van der Waals surface area contributed by atoms with Crippen LogP contribution in [0.2, 0.25) is 0 Å². The summed E-state index contributed by atoms with van der Waals surface area (Å²) < 4.78 is 24.4. The molecule has 4 nitrogen and oxygen atoms in total. The second-order valence-electron chi connectivity index (χ2n) is 3.93. The van der Waals surface area contributed by atoms with Crippen LogP contribution < -0.4 is 11.1 Å². The van der Waals surface area contributed by atoms with Gasteiger partial charge in [0, 0.05) is 13.1 Å². The van der Waals surface area contributed by atoms with E-state index in [9.17, 15) is 8.42 Å². The first kappa shape index (κ1) is 12.3. The van der Waals surface area contributed by atoms with Gasteiger partial charge in [0.25, 0.3) is 0 Å². The lowest BCUT2D eigenvalue weighted by Gasteiger charge is -2.05. The lowest BCUT2D eigenvalue weighted by molar-refractivity contribution is 0.601. The topological polar surface area (TPSA) is 72.2 Å². The molecule has 0 atom stereocenters. The van der Waals surface area contributed by atoms with Gasteiger partial charge < -0.3 is 11.1 Å². The molecule has 0 saturated carbocycles. The number of nitrogens with one attached hydrogen (secondary N) is 1. The predicted molar refractivity (Wildman–Crippen MR) is 68.0 cm³/mol. The average Bonchev–Trinajstić information content (AvgIpc) is 2.58. The van der Waals surface area contributed by atoms with Gasteiger partial charge in [-0.2, -0.15) is 0 Å². The summed E-state index contributed by atoms with van der Waals surface area (Å²) in [5.74, 6) is 0. The Bertz CT molecular complexity index is 562. The van der Waals surface area contributed by atoms with Crippen LogP contribution in [-0.4, -0.2) is 21.5 Å². The van der Waals surface area contributed by atoms with Gasteiger partial charge in [-0.25, -0.2) is 8.42 Å². The van der Waals surface area contributed by atoms with E-state index in [1.165, 1.54) is 0 Å². The molecule has 1 aliphatic rings. The third-order valence-corrected chi connectivity index (χ3v) is 4.75. The van der Waals surface area contributed by atoms with Gasteiger partial charge in [0.15, 0.2) is 0 Å². The standard InChI is InChI=1S/C12H16N2O2S/c1-2-14-8-10-6-11-9(7-13)4-3-5-12(11)17(10,15)16/h3-6,14H,2,7-8,13H2,1H3. The fraction of sp³-hybridized carbons (Fsp3) is 0.333. The molecular weight excluding hydrogens is 236 g/mol. The molecule has 0 bridgehead atoms. The first-order valence-corrected chi connectivity index (χ1v) is 7.08. The highest BCUT2D eigenvalue weighted by Crippen LogP contribution is 2.34. The first-order valence-electron chi connectivity index (χ1n) is 5.59. The van der Waals surface area contributed by atoms with E-state index in [1.54, 1.807) is 18.2 Å². The third-order valence-electron chi connectivity index (χ3n) is 2.87. The van der Waals surface area contributed by atoms with Crippen molar-refractivity contribution in [3.05, 3.63) is 34.2 Å². The molecule has 1 aromatic rings. The van der Waals surface area contributed by atoms with Crippen LogP contribution in [0.1, 0.15) is 18.1 Å². The molecule has 0 unspecified atom stereocenters. The minimum absolute atomic E-state index is 0.351. The van der Waals surface area contributed by atoms with Gasteiger partial charge in [0.05, 0.1) is 9.80 Å². The number of fused-ring (bicyclic) bond motifs is 1. The van der Waals surface area contributed by atoms with Crippen LogP contribution in [0.4, 0.5) is 0 Å². The first-order chi connectivity index (χ1) is 8.11. The van der Waals surface area contributed by atoms with Crippen LogP contribution in [-0.2, 0) is 16.4 Å². The highest BCUT2D eigenvalue weighted by Gasteiger charge is 2.29. The Morgan fingerprint density at radius 1 is 1.35 bits per heavy atom. The van der Waals surface area contributed by atoms with Gasteiger partial charge in [-0.15, -0.1) is 0 Å². The maximum atomic E-state index is 12.2. The van der Waals surface area contributed by atoms with E-state index in [-0.39, 0.29) is 0 Å². The van der Waals surface area contributed by atoms with E-state index >= 15 is 0 Å². The SMILES string of the molecule is CCNCC1=Cc2c(CN)cccc2S1(=O)=O. The van der Waals surface area contributed by atoms with Crippen LogP contribution >= 0.6 is 0 Å². The summed E-state index contributed by atoms with van der Waals surface area (Å²) in [5.41, 5.74) is 7.24. The van der Waals surface area contributed by atoms with Crippen molar-refractivity contribution in [2.45, 2.75) is 18.4 Å². The van der Waals surface area contributed by atoms with Gasteiger partial charge in [0.1, 0.15) is 0 Å². The van der Waals surface area contributed by atoms with Crippen molar-refractivity contribution in [3.63, 3.8) is 0 Å². The van der Waals surface area contributed by atoms with Crippen molar-refractivity contribution in [1.29, 1.82) is 0 Å². The number of hydrogen-bond acceptors (Lipinski definition) is 4. The third kappa shape index (κ3) is 2.01. The molecule has 1 aromatic carbocycles. The Hall–Kier alpha value is -1.17. The Morgan fingerprint density at radius 3 is 2.76 bits per heavy atom. The highest BCUT2D eigenvalue weighted by molar-refractivity contribution is 7.95. The van der Waals surface area contributed by atoms with E-state index in [1.807, 2.05) is 13.0 Å². The molecule has 1 heterocycles. The van der Waals surface area contributed by atoms with E-state index in [4.69, 9.17) is 5.73 Å². The molecule has 2 rings (SSSR count). The molecule has 0 spiro atoms. The molecule has 0 radical (unpaired) electrons. The van der Waals surface area contributed by atoms with E-state index < -0.39 is 9.84 Å². The van der Waals surface area contributed by atoms with Crippen LogP contribution in [0.15, 0.2) is 28.0 Å². The maximum Gasteiger partial charge on any atom is 0.204 e. The Morgan fingerprint density at radius 2 is 2.12 bits per heavy atom. The lowest BCUT2D eigenvalue weighted by atomic mass is 10.1. The number of sulfone groups is 1. The fourth-order valence-electron chi connectivity index (χ4n) is 1.94. The van der Waals surface area contributed by atoms with Crippen LogP contribution in [0.3, 0.4) is 0 Å². The largest absolute Gasteiger partial charge is 0.326 e. The van der Waals surface area contributed by atoms with E-state index in [0.29, 0.717) is 22.9 Å². The summed E-state index contributed by atoms with van der Waals surface area (Å²) in [6.07, 6.45) is 1.73. The molecule has 0 amide bonds. The number of rotatable bonds is 4. The fourth-order valence-corrected chi connectivity index (χ4v) is 3.52. The van der Waals surface area contributed by atoms with Gasteiger partial charge in [-0.1, -0.05) is 19.1 Å². The van der Waals surface area contributed by atoms with Gasteiger partial charge in [-0.3, -0.25) is 0 Å². The molecule has 3 N–H and O–H groups in total. The molecule has 17 heavy (non-hydrogen) atoms. The van der Waals surface area contributed by atoms with Gasteiger partial charge >= 0.3 is 0 Å². The van der Waals surface area contributed by atoms with Crippen molar-refractivity contribution < 1.29 is 8.42 Å². The molecule has 5 heteroatoms.